The number of aromatic nitrogens is 2. The van der Waals surface area contributed by atoms with Crippen molar-refractivity contribution in [3.8, 4) is 5.75 Å². The summed E-state index contributed by atoms with van der Waals surface area (Å²) in [6.45, 7) is 0. The fraction of sp³-hybridized carbons (Fsp3) is 0. The van der Waals surface area contributed by atoms with E-state index in [2.05, 4.69) is 25.9 Å². The second kappa shape index (κ2) is 2.23. The van der Waals surface area contributed by atoms with Crippen LogP contribution in [0.2, 0.25) is 0 Å². The molecule has 0 saturated carbocycles. The molecule has 4 heteroatoms. The summed E-state index contributed by atoms with van der Waals surface area (Å²) < 4.78 is 0.913. The van der Waals surface area contributed by atoms with E-state index in [9.17, 15) is 0 Å². The molecule has 0 aliphatic carbocycles. The fourth-order valence-corrected chi connectivity index (χ4v) is 1.38. The molecule has 0 atom stereocenters. The van der Waals surface area contributed by atoms with Crippen LogP contribution in [-0.4, -0.2) is 15.1 Å². The highest BCUT2D eigenvalue weighted by molar-refractivity contribution is 9.10. The number of hydrogen-bond donors (Lipinski definition) is 2. The molecule has 56 valence electrons. The molecule has 0 spiro atoms. The standard InChI is InChI=1S/C7H5BrN2O/c8-6-3-10-7-5(6)1-4(11)2-9-7/h1-3,11H,(H,9,10). The summed E-state index contributed by atoms with van der Waals surface area (Å²) in [4.78, 5) is 6.91. The fourth-order valence-electron chi connectivity index (χ4n) is 0.960. The van der Waals surface area contributed by atoms with E-state index in [1.165, 1.54) is 6.20 Å². The van der Waals surface area contributed by atoms with Crippen LogP contribution in [0.3, 0.4) is 0 Å². The highest BCUT2D eigenvalue weighted by atomic mass is 79.9. The molecule has 2 rings (SSSR count). The minimum Gasteiger partial charge on any atom is -0.506 e. The summed E-state index contributed by atoms with van der Waals surface area (Å²) in [6.07, 6.45) is 3.20. The molecule has 2 N–H and O–H groups in total. The third-order valence-corrected chi connectivity index (χ3v) is 2.12. The molecule has 2 aromatic rings. The van der Waals surface area contributed by atoms with Gasteiger partial charge in [-0.15, -0.1) is 0 Å². The SMILES string of the molecule is Oc1cnc2[nH]cc(Br)c2c1. The van der Waals surface area contributed by atoms with E-state index in [1.54, 1.807) is 12.3 Å². The first-order chi connectivity index (χ1) is 5.27. The maximum Gasteiger partial charge on any atom is 0.138 e. The summed E-state index contributed by atoms with van der Waals surface area (Å²) >= 11 is 3.32. The van der Waals surface area contributed by atoms with E-state index in [4.69, 9.17) is 5.11 Å². The largest absolute Gasteiger partial charge is 0.506 e. The predicted octanol–water partition coefficient (Wildman–Crippen LogP) is 2.03. The average Bonchev–Trinajstić information content (AvgIpc) is 2.33. The van der Waals surface area contributed by atoms with Gasteiger partial charge in [-0.25, -0.2) is 4.98 Å². The van der Waals surface area contributed by atoms with Crippen LogP contribution in [0.25, 0.3) is 11.0 Å². The van der Waals surface area contributed by atoms with Gasteiger partial charge in [0.25, 0.3) is 0 Å². The van der Waals surface area contributed by atoms with E-state index in [-0.39, 0.29) is 5.75 Å². The quantitative estimate of drug-likeness (QED) is 0.703. The van der Waals surface area contributed by atoms with Gasteiger partial charge in [-0.05, 0) is 22.0 Å². The number of rotatable bonds is 0. The lowest BCUT2D eigenvalue weighted by Crippen LogP contribution is -1.73. The summed E-state index contributed by atoms with van der Waals surface area (Å²) in [5.41, 5.74) is 0.773. The lowest BCUT2D eigenvalue weighted by Gasteiger charge is -1.90. The number of hydrogen-bond acceptors (Lipinski definition) is 2. The Bertz CT molecular complexity index is 396. The van der Waals surface area contributed by atoms with Crippen molar-refractivity contribution in [2.75, 3.05) is 0 Å². The van der Waals surface area contributed by atoms with Crippen molar-refractivity contribution >= 4 is 27.0 Å². The Kier molecular flexibility index (Phi) is 1.35. The van der Waals surface area contributed by atoms with Crippen molar-refractivity contribution in [2.45, 2.75) is 0 Å². The summed E-state index contributed by atoms with van der Waals surface area (Å²) in [5, 5.41) is 9.97. The van der Waals surface area contributed by atoms with Gasteiger partial charge in [-0.3, -0.25) is 0 Å². The van der Waals surface area contributed by atoms with Crippen molar-refractivity contribution < 1.29 is 5.11 Å². The van der Waals surface area contributed by atoms with Crippen LogP contribution in [0.1, 0.15) is 0 Å². The Hall–Kier alpha value is -1.03. The van der Waals surface area contributed by atoms with Crippen LogP contribution in [0.15, 0.2) is 22.9 Å². The topological polar surface area (TPSA) is 48.9 Å². The van der Waals surface area contributed by atoms with Gasteiger partial charge >= 0.3 is 0 Å². The smallest absolute Gasteiger partial charge is 0.138 e. The third-order valence-electron chi connectivity index (χ3n) is 1.47. The third kappa shape index (κ3) is 0.991. The van der Waals surface area contributed by atoms with Crippen molar-refractivity contribution in [3.05, 3.63) is 22.9 Å². The number of nitrogens with one attached hydrogen (secondary N) is 1. The second-order valence-electron chi connectivity index (χ2n) is 2.23. The molecular formula is C7H5BrN2O. The first-order valence-electron chi connectivity index (χ1n) is 3.09. The summed E-state index contributed by atoms with van der Waals surface area (Å²) in [5.74, 6) is 0.179. The lowest BCUT2D eigenvalue weighted by molar-refractivity contribution is 0.474. The number of nitrogens with zero attached hydrogens (tertiary/aromatic N) is 1. The van der Waals surface area contributed by atoms with Crippen LogP contribution in [0, 0.1) is 0 Å². The highest BCUT2D eigenvalue weighted by Gasteiger charge is 2.01. The van der Waals surface area contributed by atoms with Crippen LogP contribution in [0.5, 0.6) is 5.75 Å². The van der Waals surface area contributed by atoms with Crippen LogP contribution in [0.4, 0.5) is 0 Å². The molecule has 0 aliphatic rings. The van der Waals surface area contributed by atoms with Gasteiger partial charge in [0, 0.05) is 16.1 Å². The Morgan fingerprint density at radius 2 is 2.36 bits per heavy atom. The monoisotopic (exact) mass is 212 g/mol. The first kappa shape index (κ1) is 6.67. The van der Waals surface area contributed by atoms with Crippen molar-refractivity contribution in [1.29, 1.82) is 0 Å². The van der Waals surface area contributed by atoms with E-state index >= 15 is 0 Å². The Balaban J connectivity index is 2.87. The molecule has 0 aliphatic heterocycles. The number of H-pyrrole nitrogens is 1. The van der Waals surface area contributed by atoms with E-state index in [1.807, 2.05) is 0 Å². The summed E-state index contributed by atoms with van der Waals surface area (Å²) in [6, 6.07) is 1.66. The highest BCUT2D eigenvalue weighted by Crippen LogP contribution is 2.24. The molecule has 11 heavy (non-hydrogen) atoms. The summed E-state index contributed by atoms with van der Waals surface area (Å²) in [7, 11) is 0. The molecule has 0 amide bonds. The van der Waals surface area contributed by atoms with Crippen molar-refractivity contribution in [3.63, 3.8) is 0 Å². The molecule has 0 saturated heterocycles. The van der Waals surface area contributed by atoms with Gasteiger partial charge in [0.2, 0.25) is 0 Å². The van der Waals surface area contributed by atoms with Gasteiger partial charge in [0.05, 0.1) is 6.20 Å². The van der Waals surface area contributed by atoms with Gasteiger partial charge in [-0.1, -0.05) is 0 Å². The van der Waals surface area contributed by atoms with E-state index < -0.39 is 0 Å². The maximum atomic E-state index is 9.08. The molecule has 2 heterocycles. The number of fused-ring (bicyclic) bond motifs is 1. The van der Waals surface area contributed by atoms with Crippen LogP contribution >= 0.6 is 15.9 Å². The van der Waals surface area contributed by atoms with E-state index in [0.717, 1.165) is 15.5 Å². The minimum atomic E-state index is 0.179. The molecule has 0 fully saturated rings. The minimum absolute atomic E-state index is 0.179. The zero-order valence-corrected chi connectivity index (χ0v) is 7.09. The number of halogens is 1. The Morgan fingerprint density at radius 3 is 3.18 bits per heavy atom. The van der Waals surface area contributed by atoms with Gasteiger partial charge in [0.15, 0.2) is 0 Å². The average molecular weight is 213 g/mol. The van der Waals surface area contributed by atoms with Gasteiger partial charge < -0.3 is 10.1 Å². The first-order valence-corrected chi connectivity index (χ1v) is 3.88. The van der Waals surface area contributed by atoms with Gasteiger partial charge in [-0.2, -0.15) is 0 Å². The molecule has 0 unspecified atom stereocenters. The van der Waals surface area contributed by atoms with Crippen LogP contribution in [-0.2, 0) is 0 Å². The van der Waals surface area contributed by atoms with Crippen LogP contribution < -0.4 is 0 Å². The lowest BCUT2D eigenvalue weighted by atomic mass is 10.3. The molecule has 2 aromatic heterocycles. The van der Waals surface area contributed by atoms with Crippen molar-refractivity contribution in [2.24, 2.45) is 0 Å². The second-order valence-corrected chi connectivity index (χ2v) is 3.08. The normalized spacial score (nSPS) is 10.6. The number of pyridine rings is 1. The number of aromatic amines is 1. The molecular weight excluding hydrogens is 208 g/mol. The van der Waals surface area contributed by atoms with Gasteiger partial charge in [0.1, 0.15) is 11.4 Å². The van der Waals surface area contributed by atoms with E-state index in [0.29, 0.717) is 0 Å². The Labute approximate surface area is 71.2 Å². The molecule has 0 bridgehead atoms. The zero-order chi connectivity index (χ0) is 7.84. The molecule has 0 radical (unpaired) electrons. The predicted molar refractivity (Wildman–Crippen MR) is 45.5 cm³/mol. The molecule has 3 nitrogen and oxygen atoms in total. The molecule has 0 aromatic carbocycles. The maximum absolute atomic E-state index is 9.08. The Morgan fingerprint density at radius 1 is 1.55 bits per heavy atom. The zero-order valence-electron chi connectivity index (χ0n) is 5.50. The van der Waals surface area contributed by atoms with Crippen molar-refractivity contribution in [1.82, 2.24) is 9.97 Å². The number of aromatic hydroxyl groups is 1.